The van der Waals surface area contributed by atoms with Gasteiger partial charge in [0.05, 0.1) is 5.52 Å². The molecule has 180 valence electrons. The van der Waals surface area contributed by atoms with Crippen molar-refractivity contribution in [1.82, 2.24) is 20.9 Å². The topological polar surface area (TPSA) is 109 Å². The Morgan fingerprint density at radius 1 is 1.14 bits per heavy atom. The number of hydrogen-bond acceptors (Lipinski definition) is 5. The van der Waals surface area contributed by atoms with E-state index < -0.39 is 11.6 Å². The van der Waals surface area contributed by atoms with E-state index in [1.165, 1.54) is 0 Å². The molecule has 2 atom stereocenters. The van der Waals surface area contributed by atoms with Crippen molar-refractivity contribution < 1.29 is 19.1 Å². The molecule has 2 fully saturated rings. The summed E-state index contributed by atoms with van der Waals surface area (Å²) in [7, 11) is 0. The Bertz CT molecular complexity index is 1290. The van der Waals surface area contributed by atoms with Gasteiger partial charge in [-0.1, -0.05) is 31.0 Å². The first-order valence-electron chi connectivity index (χ1n) is 11.9. The number of aromatic nitrogens is 1. The molecule has 1 aromatic heterocycles. The lowest BCUT2D eigenvalue weighted by Gasteiger charge is -2.38. The van der Waals surface area contributed by atoms with Crippen molar-refractivity contribution in [2.75, 3.05) is 6.54 Å². The molecule has 8 heteroatoms. The van der Waals surface area contributed by atoms with Gasteiger partial charge < -0.3 is 15.4 Å². The van der Waals surface area contributed by atoms with E-state index in [0.717, 1.165) is 41.4 Å². The van der Waals surface area contributed by atoms with Gasteiger partial charge in [-0.05, 0) is 56.2 Å². The van der Waals surface area contributed by atoms with Gasteiger partial charge in [-0.25, -0.2) is 4.79 Å². The molecule has 1 aliphatic heterocycles. The summed E-state index contributed by atoms with van der Waals surface area (Å²) < 4.78 is 5.99. The summed E-state index contributed by atoms with van der Waals surface area (Å²) in [6.45, 7) is 2.68. The third kappa shape index (κ3) is 4.56. The van der Waals surface area contributed by atoms with Gasteiger partial charge in [-0.15, -0.1) is 0 Å². The summed E-state index contributed by atoms with van der Waals surface area (Å²) >= 11 is 0. The molecule has 0 radical (unpaired) electrons. The van der Waals surface area contributed by atoms with Crippen molar-refractivity contribution in [3.8, 4) is 5.75 Å². The summed E-state index contributed by atoms with van der Waals surface area (Å²) in [6, 6.07) is 16.5. The van der Waals surface area contributed by atoms with Gasteiger partial charge in [-0.2, -0.15) is 0 Å². The highest BCUT2D eigenvalue weighted by atomic mass is 16.5. The molecule has 0 unspecified atom stereocenters. The van der Waals surface area contributed by atoms with E-state index in [2.05, 4.69) is 20.9 Å². The highest BCUT2D eigenvalue weighted by Crippen LogP contribution is 2.35. The molecule has 8 nitrogen and oxygen atoms in total. The molecule has 3 N–H and O–H groups in total. The molecule has 1 saturated carbocycles. The zero-order chi connectivity index (χ0) is 24.4. The third-order valence-electron chi connectivity index (χ3n) is 6.99. The van der Waals surface area contributed by atoms with Crippen LogP contribution in [0.15, 0.2) is 54.6 Å². The Balaban J connectivity index is 1.20. The number of carbonyl (C=O) groups is 3. The second kappa shape index (κ2) is 9.37. The minimum atomic E-state index is -0.921. The van der Waals surface area contributed by atoms with Crippen LogP contribution in [0.5, 0.6) is 5.75 Å². The first-order valence-corrected chi connectivity index (χ1v) is 11.9. The lowest BCUT2D eigenvalue weighted by Crippen LogP contribution is -2.57. The van der Waals surface area contributed by atoms with Crippen molar-refractivity contribution in [3.63, 3.8) is 0 Å². The Labute approximate surface area is 203 Å². The summed E-state index contributed by atoms with van der Waals surface area (Å²) in [5.74, 6) is 0.00226. The number of urea groups is 1. The van der Waals surface area contributed by atoms with Crippen molar-refractivity contribution in [1.29, 1.82) is 0 Å². The lowest BCUT2D eigenvalue weighted by atomic mass is 9.72. The van der Waals surface area contributed by atoms with Crippen LogP contribution in [0.4, 0.5) is 4.79 Å². The average molecular weight is 473 g/mol. The van der Waals surface area contributed by atoms with Gasteiger partial charge >= 0.3 is 6.03 Å². The highest BCUT2D eigenvalue weighted by Gasteiger charge is 2.52. The van der Waals surface area contributed by atoms with Crippen LogP contribution in [0, 0.1) is 12.8 Å². The number of fused-ring (bicyclic) bond motifs is 1. The predicted molar refractivity (Wildman–Crippen MR) is 131 cm³/mol. The lowest BCUT2D eigenvalue weighted by molar-refractivity contribution is -0.127. The first-order chi connectivity index (χ1) is 16.9. The number of aryl methyl sites for hydroxylation is 1. The van der Waals surface area contributed by atoms with Gasteiger partial charge in [-0.3, -0.25) is 19.9 Å². The van der Waals surface area contributed by atoms with Crippen molar-refractivity contribution in [2.24, 2.45) is 5.92 Å². The van der Waals surface area contributed by atoms with E-state index >= 15 is 0 Å². The summed E-state index contributed by atoms with van der Waals surface area (Å²) in [6.07, 6.45) is 3.19. The number of amides is 4. The minimum absolute atomic E-state index is 0.145. The smallest absolute Gasteiger partial charge is 0.322 e. The third-order valence-corrected chi connectivity index (χ3v) is 6.99. The maximum absolute atomic E-state index is 12.8. The number of hydrogen-bond donors (Lipinski definition) is 3. The average Bonchev–Trinajstić information content (AvgIpc) is 3.14. The maximum Gasteiger partial charge on any atom is 0.322 e. The number of para-hydroxylation sites is 1. The fraction of sp³-hybridized carbons (Fsp3) is 0.333. The minimum Gasteiger partial charge on any atom is -0.489 e. The maximum atomic E-state index is 12.8. The number of rotatable bonds is 6. The number of benzene rings is 2. The molecule has 1 saturated heterocycles. The molecular weight excluding hydrogens is 444 g/mol. The quantitative estimate of drug-likeness (QED) is 0.475. The van der Waals surface area contributed by atoms with Crippen LogP contribution in [-0.2, 0) is 11.4 Å². The second-order valence-corrected chi connectivity index (χ2v) is 9.29. The Hall–Kier alpha value is -3.94. The summed E-state index contributed by atoms with van der Waals surface area (Å²) in [5.41, 5.74) is 2.51. The Kier molecular flexibility index (Phi) is 6.11. The molecule has 1 aliphatic carbocycles. The van der Waals surface area contributed by atoms with Crippen molar-refractivity contribution >= 4 is 28.7 Å². The number of ether oxygens (including phenoxy) is 1. The van der Waals surface area contributed by atoms with E-state index in [1.54, 1.807) is 24.3 Å². The van der Waals surface area contributed by atoms with Crippen LogP contribution in [0.1, 0.15) is 47.3 Å². The number of nitrogens with zero attached hydrogens (tertiary/aromatic N) is 1. The Morgan fingerprint density at radius 2 is 1.94 bits per heavy atom. The van der Waals surface area contributed by atoms with E-state index in [1.807, 2.05) is 37.3 Å². The standard InChI is InChI=1S/C27H28N4O4/c1-17-14-19(22-7-2-3-8-23(22)29-17)16-35-21-11-9-18(10-12-21)24(32)28-15-20-6-4-5-13-27(20)25(33)30-26(34)31-27/h2-3,7-12,14,20H,4-6,13,15-16H2,1H3,(H,28,32)(H2,30,31,33,34)/t20-,27+/m0/s1. The monoisotopic (exact) mass is 472 g/mol. The second-order valence-electron chi connectivity index (χ2n) is 9.29. The van der Waals surface area contributed by atoms with Crippen LogP contribution in [-0.4, -0.2) is 34.9 Å². The molecule has 2 aromatic carbocycles. The van der Waals surface area contributed by atoms with Crippen LogP contribution in [0.25, 0.3) is 10.9 Å². The molecule has 2 aliphatic rings. The molecule has 3 aromatic rings. The van der Waals surface area contributed by atoms with Crippen LogP contribution >= 0.6 is 0 Å². The van der Waals surface area contributed by atoms with Crippen LogP contribution in [0.2, 0.25) is 0 Å². The molecule has 2 heterocycles. The van der Waals surface area contributed by atoms with E-state index in [4.69, 9.17) is 4.74 Å². The largest absolute Gasteiger partial charge is 0.489 e. The van der Waals surface area contributed by atoms with E-state index in [-0.39, 0.29) is 17.7 Å². The zero-order valence-corrected chi connectivity index (χ0v) is 19.6. The van der Waals surface area contributed by atoms with E-state index in [9.17, 15) is 14.4 Å². The number of imide groups is 1. The van der Waals surface area contributed by atoms with Gasteiger partial charge in [0.1, 0.15) is 17.9 Å². The van der Waals surface area contributed by atoms with Gasteiger partial charge in [0, 0.05) is 34.7 Å². The number of nitrogens with one attached hydrogen (secondary N) is 3. The van der Waals surface area contributed by atoms with E-state index in [0.29, 0.717) is 30.9 Å². The van der Waals surface area contributed by atoms with Crippen LogP contribution in [0.3, 0.4) is 0 Å². The molecule has 5 rings (SSSR count). The van der Waals surface area contributed by atoms with Gasteiger partial charge in [0.25, 0.3) is 11.8 Å². The van der Waals surface area contributed by atoms with Crippen molar-refractivity contribution in [3.05, 3.63) is 71.4 Å². The molecule has 1 spiro atoms. The fourth-order valence-corrected chi connectivity index (χ4v) is 5.19. The highest BCUT2D eigenvalue weighted by molar-refractivity contribution is 6.07. The van der Waals surface area contributed by atoms with Gasteiger partial charge in [0.2, 0.25) is 0 Å². The van der Waals surface area contributed by atoms with Crippen molar-refractivity contribution in [2.45, 2.75) is 44.8 Å². The summed E-state index contributed by atoms with van der Waals surface area (Å²) in [5, 5.41) is 9.16. The molecular formula is C27H28N4O4. The predicted octanol–water partition coefficient (Wildman–Crippen LogP) is 3.62. The zero-order valence-electron chi connectivity index (χ0n) is 19.6. The SMILES string of the molecule is Cc1cc(COc2ccc(C(=O)NC[C@@H]3CCCC[C@@]34NC(=O)NC4=O)cc2)c2ccccc2n1. The summed E-state index contributed by atoms with van der Waals surface area (Å²) in [4.78, 5) is 41.5. The molecule has 4 amide bonds. The first kappa shape index (κ1) is 22.8. The Morgan fingerprint density at radius 3 is 2.71 bits per heavy atom. The molecule has 35 heavy (non-hydrogen) atoms. The van der Waals surface area contributed by atoms with Gasteiger partial charge in [0.15, 0.2) is 0 Å². The fourth-order valence-electron chi connectivity index (χ4n) is 5.19. The number of pyridine rings is 1. The van der Waals surface area contributed by atoms with Crippen LogP contribution < -0.4 is 20.7 Å². The normalized spacial score (nSPS) is 21.6. The molecule has 0 bridgehead atoms. The number of carbonyl (C=O) groups excluding carboxylic acids is 3.